The molecule has 0 aromatic heterocycles. The van der Waals surface area contributed by atoms with Crippen molar-refractivity contribution in [3.8, 4) is 0 Å². The lowest BCUT2D eigenvalue weighted by molar-refractivity contribution is 0.166. The zero-order valence-electron chi connectivity index (χ0n) is 8.01. The van der Waals surface area contributed by atoms with Crippen molar-refractivity contribution in [3.05, 3.63) is 28.2 Å². The van der Waals surface area contributed by atoms with Gasteiger partial charge in [-0.15, -0.1) is 23.4 Å². The molecule has 0 radical (unpaired) electrons. The van der Waals surface area contributed by atoms with E-state index < -0.39 is 0 Å². The maximum atomic E-state index is 5.99. The molecule has 0 fully saturated rings. The predicted molar refractivity (Wildman–Crippen MR) is 68.7 cm³/mol. The van der Waals surface area contributed by atoms with E-state index >= 15 is 0 Å². The molecule has 0 saturated heterocycles. The van der Waals surface area contributed by atoms with Gasteiger partial charge < -0.3 is 4.74 Å². The van der Waals surface area contributed by atoms with Crippen LogP contribution >= 0.6 is 46.6 Å². The van der Waals surface area contributed by atoms with Gasteiger partial charge in [0.1, 0.15) is 0 Å². The van der Waals surface area contributed by atoms with Gasteiger partial charge in [-0.25, -0.2) is 0 Å². The van der Waals surface area contributed by atoms with Gasteiger partial charge in [0, 0.05) is 21.6 Å². The molecule has 1 aromatic rings. The number of benzene rings is 1. The molecule has 1 rings (SSSR count). The second kappa shape index (κ2) is 7.64. The van der Waals surface area contributed by atoms with Gasteiger partial charge in [-0.05, 0) is 18.2 Å². The van der Waals surface area contributed by atoms with Crippen LogP contribution in [-0.4, -0.2) is 24.8 Å². The third-order valence-electron chi connectivity index (χ3n) is 1.60. The van der Waals surface area contributed by atoms with Crippen LogP contribution in [0.5, 0.6) is 0 Å². The van der Waals surface area contributed by atoms with Crippen LogP contribution < -0.4 is 0 Å². The Morgan fingerprint density at radius 1 is 1.20 bits per heavy atom. The molecule has 0 amide bonds. The molecule has 0 aliphatic heterocycles. The Morgan fingerprint density at radius 3 is 2.73 bits per heavy atom. The smallest absolute Gasteiger partial charge is 0.0602 e. The number of thioether (sulfide) groups is 1. The van der Waals surface area contributed by atoms with Gasteiger partial charge in [0.25, 0.3) is 0 Å². The van der Waals surface area contributed by atoms with Gasteiger partial charge in [-0.1, -0.05) is 23.2 Å². The van der Waals surface area contributed by atoms with E-state index in [1.165, 1.54) is 0 Å². The first-order valence-corrected chi connectivity index (χ1v) is 6.73. The summed E-state index contributed by atoms with van der Waals surface area (Å²) in [5, 5.41) is 1.42. The third kappa shape index (κ3) is 5.32. The average Bonchev–Trinajstić information content (AvgIpc) is 2.23. The normalized spacial score (nSPS) is 10.6. The van der Waals surface area contributed by atoms with Crippen LogP contribution in [0.15, 0.2) is 23.1 Å². The van der Waals surface area contributed by atoms with Crippen molar-refractivity contribution in [1.29, 1.82) is 0 Å². The Hall–Kier alpha value is 0.400. The lowest BCUT2D eigenvalue weighted by Crippen LogP contribution is -1.99. The molecular weight excluding hydrogens is 275 g/mol. The van der Waals surface area contributed by atoms with E-state index in [-0.39, 0.29) is 0 Å². The fourth-order valence-electron chi connectivity index (χ4n) is 0.955. The lowest BCUT2D eigenvalue weighted by Gasteiger charge is -2.05. The SMILES string of the molecule is ClCCOCCSc1cc(Cl)ccc1Cl. The van der Waals surface area contributed by atoms with Crippen LogP contribution in [0, 0.1) is 0 Å². The molecule has 0 unspecified atom stereocenters. The second-order valence-corrected chi connectivity index (χ2v) is 5.08. The van der Waals surface area contributed by atoms with Gasteiger partial charge >= 0.3 is 0 Å². The van der Waals surface area contributed by atoms with E-state index in [0.29, 0.717) is 24.1 Å². The molecule has 1 aromatic carbocycles. The van der Waals surface area contributed by atoms with Crippen molar-refractivity contribution >= 4 is 46.6 Å². The molecule has 0 spiro atoms. The number of halogens is 3. The highest BCUT2D eigenvalue weighted by Crippen LogP contribution is 2.29. The Bertz CT molecular complexity index is 307. The minimum atomic E-state index is 0.530. The second-order valence-electron chi connectivity index (χ2n) is 2.72. The zero-order valence-corrected chi connectivity index (χ0v) is 11.1. The fourth-order valence-corrected chi connectivity index (χ4v) is 2.42. The Morgan fingerprint density at radius 2 is 2.00 bits per heavy atom. The molecular formula is C10H11Cl3OS. The van der Waals surface area contributed by atoms with Crippen LogP contribution in [0.3, 0.4) is 0 Å². The number of alkyl halides is 1. The molecule has 0 heterocycles. The number of ether oxygens (including phenoxy) is 1. The number of hydrogen-bond donors (Lipinski definition) is 0. The highest BCUT2D eigenvalue weighted by molar-refractivity contribution is 7.99. The summed E-state index contributed by atoms with van der Waals surface area (Å²) in [5.41, 5.74) is 0. The maximum absolute atomic E-state index is 5.99. The summed E-state index contributed by atoms with van der Waals surface area (Å²) in [6.07, 6.45) is 0. The summed E-state index contributed by atoms with van der Waals surface area (Å²) < 4.78 is 5.25. The van der Waals surface area contributed by atoms with Crippen LogP contribution in [0.25, 0.3) is 0 Å². The zero-order chi connectivity index (χ0) is 11.1. The molecule has 5 heteroatoms. The molecule has 84 valence electrons. The highest BCUT2D eigenvalue weighted by Gasteiger charge is 2.01. The Balaban J connectivity index is 2.33. The summed E-state index contributed by atoms with van der Waals surface area (Å²) in [4.78, 5) is 0.985. The minimum absolute atomic E-state index is 0.530. The molecule has 1 nitrogen and oxygen atoms in total. The molecule has 0 atom stereocenters. The van der Waals surface area contributed by atoms with Crippen molar-refractivity contribution in [2.24, 2.45) is 0 Å². The van der Waals surface area contributed by atoms with Crippen molar-refractivity contribution < 1.29 is 4.74 Å². The minimum Gasteiger partial charge on any atom is -0.379 e. The monoisotopic (exact) mass is 284 g/mol. The number of rotatable bonds is 6. The fraction of sp³-hybridized carbons (Fsp3) is 0.400. The average molecular weight is 286 g/mol. The Labute approximate surface area is 109 Å². The summed E-state index contributed by atoms with van der Waals surface area (Å²) in [5.74, 6) is 1.37. The standard InChI is InChI=1S/C10H11Cl3OS/c11-3-4-14-5-6-15-10-7-8(12)1-2-9(10)13/h1-2,7H,3-6H2. The van der Waals surface area contributed by atoms with Gasteiger partial charge in [0.05, 0.1) is 18.2 Å². The molecule has 0 N–H and O–H groups in total. The lowest BCUT2D eigenvalue weighted by atomic mass is 10.4. The van der Waals surface area contributed by atoms with E-state index in [2.05, 4.69) is 0 Å². The molecule has 0 bridgehead atoms. The van der Waals surface area contributed by atoms with Crippen LogP contribution in [0.2, 0.25) is 10.0 Å². The first-order valence-electron chi connectivity index (χ1n) is 4.45. The largest absolute Gasteiger partial charge is 0.379 e. The molecule has 0 aliphatic rings. The summed E-state index contributed by atoms with van der Waals surface area (Å²) in [6.45, 7) is 1.26. The molecule has 0 aliphatic carbocycles. The first kappa shape index (κ1) is 13.5. The quantitative estimate of drug-likeness (QED) is 0.437. The van der Waals surface area contributed by atoms with Crippen molar-refractivity contribution in [3.63, 3.8) is 0 Å². The molecule has 15 heavy (non-hydrogen) atoms. The van der Waals surface area contributed by atoms with Crippen LogP contribution in [-0.2, 0) is 4.74 Å². The van der Waals surface area contributed by atoms with Gasteiger partial charge in [0.2, 0.25) is 0 Å². The van der Waals surface area contributed by atoms with Gasteiger partial charge in [-0.3, -0.25) is 0 Å². The maximum Gasteiger partial charge on any atom is 0.0602 e. The van der Waals surface area contributed by atoms with Gasteiger partial charge in [-0.2, -0.15) is 0 Å². The topological polar surface area (TPSA) is 9.23 Å². The van der Waals surface area contributed by atoms with Crippen molar-refractivity contribution in [1.82, 2.24) is 0 Å². The third-order valence-corrected chi connectivity index (χ3v) is 3.45. The highest BCUT2D eigenvalue weighted by atomic mass is 35.5. The van der Waals surface area contributed by atoms with E-state index in [1.54, 1.807) is 23.9 Å². The van der Waals surface area contributed by atoms with E-state index in [4.69, 9.17) is 39.5 Å². The summed E-state index contributed by atoms with van der Waals surface area (Å²) in [6, 6.07) is 5.43. The number of hydrogen-bond acceptors (Lipinski definition) is 2. The first-order chi connectivity index (χ1) is 7.24. The van der Waals surface area contributed by atoms with E-state index in [0.717, 1.165) is 15.7 Å². The van der Waals surface area contributed by atoms with E-state index in [9.17, 15) is 0 Å². The predicted octanol–water partition coefficient (Wildman–Crippen LogP) is 4.34. The summed E-state index contributed by atoms with van der Waals surface area (Å²) >= 11 is 19.0. The van der Waals surface area contributed by atoms with Crippen LogP contribution in [0.1, 0.15) is 0 Å². The van der Waals surface area contributed by atoms with Crippen LogP contribution in [0.4, 0.5) is 0 Å². The van der Waals surface area contributed by atoms with Crippen molar-refractivity contribution in [2.45, 2.75) is 4.90 Å². The Kier molecular flexibility index (Phi) is 6.86. The summed E-state index contributed by atoms with van der Waals surface area (Å²) in [7, 11) is 0. The van der Waals surface area contributed by atoms with E-state index in [1.807, 2.05) is 6.07 Å². The molecule has 0 saturated carbocycles. The van der Waals surface area contributed by atoms with Gasteiger partial charge in [0.15, 0.2) is 0 Å². The van der Waals surface area contributed by atoms with Crippen molar-refractivity contribution in [2.75, 3.05) is 24.8 Å².